The van der Waals surface area contributed by atoms with Gasteiger partial charge < -0.3 is 29.5 Å². The van der Waals surface area contributed by atoms with E-state index in [4.69, 9.17) is 14.2 Å². The van der Waals surface area contributed by atoms with Crippen molar-refractivity contribution in [2.75, 3.05) is 26.2 Å². The number of aryl methyl sites for hydroxylation is 2. The van der Waals surface area contributed by atoms with Gasteiger partial charge in [-0.25, -0.2) is 0 Å². The van der Waals surface area contributed by atoms with Crippen LogP contribution >= 0.6 is 22.7 Å². The zero-order valence-electron chi connectivity index (χ0n) is 38.3. The average Bonchev–Trinajstić information content (AvgIpc) is 4.17. The number of hydrogen-bond acceptors (Lipinski definition) is 14. The summed E-state index contributed by atoms with van der Waals surface area (Å²) in [5, 5.41) is 38.1. The van der Waals surface area contributed by atoms with Crippen molar-refractivity contribution < 1.29 is 48.7 Å². The predicted molar refractivity (Wildman–Crippen MR) is 250 cm³/mol. The fraction of sp³-hybridized carbons (Fsp3) is 0.577. The number of Topliss-reactive ketones (excluding diaryl/α,β-unsaturated/α-hetero) is 2. The molecule has 0 bridgehead atoms. The van der Waals surface area contributed by atoms with Gasteiger partial charge in [0.15, 0.2) is 34.9 Å². The Morgan fingerprint density at radius 1 is 0.758 bits per heavy atom. The lowest BCUT2D eigenvalue weighted by atomic mass is 9.52. The number of ketones is 2. The van der Waals surface area contributed by atoms with Crippen molar-refractivity contribution in [3.63, 3.8) is 0 Å². The molecule has 0 amide bonds. The second-order valence-electron chi connectivity index (χ2n) is 21.0. The number of piperidine rings is 2. The van der Waals surface area contributed by atoms with E-state index in [0.29, 0.717) is 61.8 Å². The number of thiophene rings is 2. The number of benzene rings is 2. The van der Waals surface area contributed by atoms with E-state index in [9.17, 15) is 34.5 Å². The topological polar surface area (TPSA) is 163 Å². The molecule has 3 N–H and O–H groups in total. The fourth-order valence-electron chi connectivity index (χ4n) is 13.2. The van der Waals surface area contributed by atoms with Crippen LogP contribution in [0.5, 0.6) is 23.0 Å². The zero-order valence-corrected chi connectivity index (χ0v) is 39.9. The Hall–Kier alpha value is -4.18. The zero-order chi connectivity index (χ0) is 46.1. The van der Waals surface area contributed by atoms with Crippen LogP contribution in [-0.2, 0) is 42.8 Å². The molecule has 0 unspecified atom stereocenters. The second-order valence-corrected chi connectivity index (χ2v) is 23.5. The van der Waals surface area contributed by atoms with Gasteiger partial charge >= 0.3 is 11.9 Å². The van der Waals surface area contributed by atoms with E-state index in [1.165, 1.54) is 48.4 Å². The Morgan fingerprint density at radius 3 is 1.94 bits per heavy atom. The lowest BCUT2D eigenvalue weighted by molar-refractivity contribution is -0.181. The molecule has 3 aliphatic heterocycles. The molecule has 1 spiro atoms. The monoisotopic (exact) mass is 936 g/mol. The summed E-state index contributed by atoms with van der Waals surface area (Å²) in [5.41, 5.74) is -1.43. The Kier molecular flexibility index (Phi) is 10.7. The van der Waals surface area contributed by atoms with Gasteiger partial charge in [0.25, 0.3) is 0 Å². The molecule has 14 heteroatoms. The number of carbonyl (C=O) groups is 4. The number of fused-ring (bicyclic) bond motifs is 3. The van der Waals surface area contributed by atoms with Crippen LogP contribution in [0.1, 0.15) is 116 Å². The summed E-state index contributed by atoms with van der Waals surface area (Å²) in [6.07, 6.45) is 6.38. The number of carbonyl (C=O) groups excluding carboxylic acids is 4. The number of nitrogens with zero attached hydrogens (tertiary/aromatic N) is 2. The van der Waals surface area contributed by atoms with Crippen LogP contribution in [-0.4, -0.2) is 104 Å². The Balaban J connectivity index is 0.775. The summed E-state index contributed by atoms with van der Waals surface area (Å²) >= 11 is 2.89. The van der Waals surface area contributed by atoms with Crippen LogP contribution in [0.2, 0.25) is 0 Å². The highest BCUT2D eigenvalue weighted by molar-refractivity contribution is 7.38. The van der Waals surface area contributed by atoms with E-state index in [1.807, 2.05) is 39.0 Å². The summed E-state index contributed by atoms with van der Waals surface area (Å²) in [6, 6.07) is 10.5. The highest BCUT2D eigenvalue weighted by Gasteiger charge is 2.70. The van der Waals surface area contributed by atoms with Crippen molar-refractivity contribution in [1.82, 2.24) is 9.80 Å². The molecule has 4 aromatic rings. The van der Waals surface area contributed by atoms with Gasteiger partial charge in [0.1, 0.15) is 5.78 Å². The molecule has 11 rings (SSSR count). The number of esters is 2. The first-order valence-electron chi connectivity index (χ1n) is 24.1. The van der Waals surface area contributed by atoms with Crippen LogP contribution in [0.3, 0.4) is 0 Å². The van der Waals surface area contributed by atoms with E-state index in [0.717, 1.165) is 55.5 Å². The summed E-state index contributed by atoms with van der Waals surface area (Å²) in [7, 11) is 0. The fourth-order valence-corrected chi connectivity index (χ4v) is 15.8. The smallest absolute Gasteiger partial charge is 0.316 e. The van der Waals surface area contributed by atoms with Gasteiger partial charge in [0.2, 0.25) is 0 Å². The Labute approximate surface area is 393 Å². The van der Waals surface area contributed by atoms with Crippen molar-refractivity contribution in [3.8, 4) is 23.0 Å². The Bertz CT molecular complexity index is 2650. The normalized spacial score (nSPS) is 32.1. The van der Waals surface area contributed by atoms with E-state index in [1.54, 1.807) is 18.2 Å². The first-order valence-corrected chi connectivity index (χ1v) is 25.7. The standard InChI is InChI=1S/C52H60N2O10S2/c1-28-5-11-39(45(59)43(28)49-17-19-53(26-32-7-8-32)30(3)51(49,60)15-13-35(55)25-49)62-41(57)23-36-21-34-22-37(66-48(34)65-36)24-42(58)63-40-12-6-29(2)44-46(40)64-47-38(56)14-16-52(61)31(4)54(27-33-9-10-33)20-18-50(44,47)52/h5-6,11-12,21-22,30-33,47,59-61H,7-10,13-20,23-27H2,1-4H3/t30-,31-,47+,49-,50+,51-,52-/m1/s1. The molecule has 4 aliphatic carbocycles. The van der Waals surface area contributed by atoms with Crippen LogP contribution in [0.15, 0.2) is 36.4 Å². The molecule has 6 fully saturated rings. The van der Waals surface area contributed by atoms with Crippen molar-refractivity contribution >= 4 is 55.6 Å². The maximum absolute atomic E-state index is 13.6. The summed E-state index contributed by atoms with van der Waals surface area (Å²) in [5.74, 6) is 0.769. The van der Waals surface area contributed by atoms with Gasteiger partial charge in [-0.1, -0.05) is 12.1 Å². The summed E-state index contributed by atoms with van der Waals surface area (Å²) in [4.78, 5) is 60.2. The molecular weight excluding hydrogens is 877 g/mol. The van der Waals surface area contributed by atoms with Gasteiger partial charge in [0.05, 0.1) is 33.5 Å². The minimum absolute atomic E-state index is 0.00523. The number of rotatable bonds is 11. The van der Waals surface area contributed by atoms with Crippen LogP contribution in [0, 0.1) is 25.7 Å². The third-order valence-electron chi connectivity index (χ3n) is 17.1. The molecule has 2 aromatic carbocycles. The molecule has 5 heterocycles. The average molecular weight is 937 g/mol. The van der Waals surface area contributed by atoms with E-state index >= 15 is 0 Å². The Morgan fingerprint density at radius 2 is 1.32 bits per heavy atom. The third kappa shape index (κ3) is 6.93. The maximum Gasteiger partial charge on any atom is 0.316 e. The van der Waals surface area contributed by atoms with Crippen LogP contribution in [0.4, 0.5) is 0 Å². The first-order chi connectivity index (χ1) is 31.5. The van der Waals surface area contributed by atoms with Crippen molar-refractivity contribution in [2.24, 2.45) is 11.8 Å². The minimum Gasteiger partial charge on any atom is -0.504 e. The largest absolute Gasteiger partial charge is 0.504 e. The van der Waals surface area contributed by atoms with Crippen molar-refractivity contribution in [3.05, 3.63) is 68.4 Å². The minimum atomic E-state index is -1.24. The molecule has 7 atom stereocenters. The molecule has 4 saturated carbocycles. The lowest BCUT2D eigenvalue weighted by Crippen LogP contribution is -2.74. The van der Waals surface area contributed by atoms with Gasteiger partial charge in [-0.15, -0.1) is 22.7 Å². The SMILES string of the molecule is Cc1ccc(OC(=O)Cc2cc3cc(CC(=O)Oc4ccc(C)c5c4O[C@H]4C(=O)CC[C@@]6(O)[C@@H](C)N(CC7CC7)CC[C@]546)sc3s2)c(O)c1[C@]12CCN(CC3CC3)[C@H](C)[C@]1(O)CCC(=O)C2. The molecule has 2 saturated heterocycles. The molecule has 350 valence electrons. The number of phenolic OH excluding ortho intramolecular Hbond substituents is 1. The molecule has 2 aromatic heterocycles. The van der Waals surface area contributed by atoms with E-state index in [2.05, 4.69) is 16.7 Å². The number of aromatic hydroxyl groups is 1. The third-order valence-corrected chi connectivity index (χ3v) is 19.5. The maximum atomic E-state index is 13.6. The highest BCUT2D eigenvalue weighted by Crippen LogP contribution is 2.63. The molecule has 66 heavy (non-hydrogen) atoms. The molecule has 7 aliphatic rings. The van der Waals surface area contributed by atoms with Crippen molar-refractivity contribution in [1.29, 1.82) is 0 Å². The number of ether oxygens (including phenoxy) is 3. The van der Waals surface area contributed by atoms with E-state index in [-0.39, 0.29) is 66.6 Å². The number of phenols is 1. The second kappa shape index (κ2) is 15.9. The molecule has 12 nitrogen and oxygen atoms in total. The van der Waals surface area contributed by atoms with Crippen LogP contribution < -0.4 is 14.2 Å². The summed E-state index contributed by atoms with van der Waals surface area (Å²) in [6.45, 7) is 11.3. The van der Waals surface area contributed by atoms with Crippen molar-refractivity contribution in [2.45, 2.75) is 151 Å². The van der Waals surface area contributed by atoms with Gasteiger partial charge in [-0.2, -0.15) is 0 Å². The first kappa shape index (κ1) is 44.3. The molecular formula is C52H60N2O10S2. The van der Waals surface area contributed by atoms with Gasteiger partial charge in [-0.05, 0) is 139 Å². The number of hydrogen-bond donors (Lipinski definition) is 3. The quantitative estimate of drug-likeness (QED) is 0.101. The summed E-state index contributed by atoms with van der Waals surface area (Å²) < 4.78 is 19.4. The number of aliphatic hydroxyl groups is 2. The molecule has 0 radical (unpaired) electrons. The number of likely N-dealkylation sites (tertiary alicyclic amines) is 2. The predicted octanol–water partition coefficient (Wildman–Crippen LogP) is 7.40. The van der Waals surface area contributed by atoms with E-state index < -0.39 is 40.1 Å². The van der Waals surface area contributed by atoms with Gasteiger partial charge in [-0.3, -0.25) is 29.0 Å². The highest BCUT2D eigenvalue weighted by atomic mass is 32.2. The van der Waals surface area contributed by atoms with Crippen LogP contribution in [0.25, 0.3) is 9.40 Å². The van der Waals surface area contributed by atoms with Gasteiger partial charge in [0, 0.05) is 76.1 Å². The lowest BCUT2D eigenvalue weighted by Gasteiger charge is -2.60.